The first kappa shape index (κ1) is 14.3. The smallest absolute Gasteiger partial charge is 0.337 e. The molecule has 1 aromatic carbocycles. The van der Waals surface area contributed by atoms with Gasteiger partial charge in [0.25, 0.3) is 11.8 Å². The van der Waals surface area contributed by atoms with Gasteiger partial charge in [-0.25, -0.2) is 4.57 Å². The van der Waals surface area contributed by atoms with Gasteiger partial charge in [0.05, 0.1) is 5.56 Å². The number of nitrogens with two attached hydrogens (primary N) is 2. The summed E-state index contributed by atoms with van der Waals surface area (Å²) < 4.78 is 1.18. The Hall–Kier alpha value is -3.16. The second kappa shape index (κ2) is 5.45. The average Bonchev–Trinajstić information content (AvgIpc) is 2.79. The first-order valence-electron chi connectivity index (χ1n) is 5.93. The molecule has 0 radical (unpaired) electrons. The van der Waals surface area contributed by atoms with Crippen LogP contribution >= 0.6 is 0 Å². The Morgan fingerprint density at radius 3 is 2.24 bits per heavy atom. The third kappa shape index (κ3) is 2.73. The Bertz CT molecular complexity index is 721. The average molecular weight is 288 g/mol. The molecule has 8 heteroatoms. The second-order valence-electron chi connectivity index (χ2n) is 4.34. The van der Waals surface area contributed by atoms with E-state index in [2.05, 4.69) is 0 Å². The first-order chi connectivity index (χ1) is 9.91. The van der Waals surface area contributed by atoms with Crippen LogP contribution in [-0.2, 0) is 6.54 Å². The fraction of sp³-hybridized carbons (Fsp3) is 0.0769. The van der Waals surface area contributed by atoms with E-state index in [4.69, 9.17) is 11.5 Å². The minimum atomic E-state index is -1.07. The van der Waals surface area contributed by atoms with Crippen LogP contribution in [0.1, 0.15) is 26.3 Å². The highest BCUT2D eigenvalue weighted by atomic mass is 16.6. The van der Waals surface area contributed by atoms with Gasteiger partial charge in [0.2, 0.25) is 0 Å². The van der Waals surface area contributed by atoms with Crippen LogP contribution in [0.25, 0.3) is 0 Å². The lowest BCUT2D eigenvalue weighted by molar-refractivity contribution is -0.392. The van der Waals surface area contributed by atoms with Gasteiger partial charge < -0.3 is 21.6 Å². The number of amides is 2. The molecule has 0 saturated carbocycles. The van der Waals surface area contributed by atoms with Gasteiger partial charge in [-0.3, -0.25) is 9.59 Å². The van der Waals surface area contributed by atoms with Crippen LogP contribution in [0, 0.1) is 10.1 Å². The fourth-order valence-corrected chi connectivity index (χ4v) is 2.07. The molecule has 0 aliphatic carbocycles. The summed E-state index contributed by atoms with van der Waals surface area (Å²) in [5.41, 5.74) is 10.3. The molecule has 108 valence electrons. The monoisotopic (exact) mass is 288 g/mol. The molecule has 0 aliphatic heterocycles. The van der Waals surface area contributed by atoms with Gasteiger partial charge in [-0.15, -0.1) is 0 Å². The number of hydrogen-bond donors (Lipinski definition) is 2. The molecule has 1 heterocycles. The first-order valence-corrected chi connectivity index (χ1v) is 5.93. The number of carbonyl (C=O) groups excluding carboxylic acids is 2. The van der Waals surface area contributed by atoms with E-state index in [0.29, 0.717) is 0 Å². The van der Waals surface area contributed by atoms with E-state index in [9.17, 15) is 19.7 Å². The zero-order valence-electron chi connectivity index (χ0n) is 10.9. The lowest BCUT2D eigenvalue weighted by atomic mass is 10.1. The molecule has 2 aromatic rings. The molecule has 4 N–H and O–H groups in total. The van der Waals surface area contributed by atoms with Crippen LogP contribution < -0.4 is 11.5 Å². The van der Waals surface area contributed by atoms with Crippen molar-refractivity contribution in [3.8, 4) is 0 Å². The largest absolute Gasteiger partial charge is 0.365 e. The van der Waals surface area contributed by atoms with E-state index in [1.807, 2.05) is 0 Å². The molecule has 0 bridgehead atoms. The minimum absolute atomic E-state index is 0.116. The van der Waals surface area contributed by atoms with Crippen LogP contribution in [0.2, 0.25) is 0 Å². The number of nitro groups is 1. The van der Waals surface area contributed by atoms with E-state index in [1.165, 1.54) is 10.8 Å². The van der Waals surface area contributed by atoms with Gasteiger partial charge in [0.15, 0.2) is 0 Å². The van der Waals surface area contributed by atoms with Crippen LogP contribution in [0.3, 0.4) is 0 Å². The highest BCUT2D eigenvalue weighted by Gasteiger charge is 2.31. The molecular weight excluding hydrogens is 276 g/mol. The second-order valence-corrected chi connectivity index (χ2v) is 4.34. The summed E-state index contributed by atoms with van der Waals surface area (Å²) in [6, 6.07) is 8.87. The summed E-state index contributed by atoms with van der Waals surface area (Å²) in [4.78, 5) is 33.2. The lowest BCUT2D eigenvalue weighted by Crippen LogP contribution is -2.19. The maximum atomic E-state index is 11.4. The third-order valence-electron chi connectivity index (χ3n) is 2.93. The van der Waals surface area contributed by atoms with Crippen molar-refractivity contribution in [2.45, 2.75) is 6.54 Å². The molecule has 1 aromatic heterocycles. The number of nitrogens with zero attached hydrogens (tertiary/aromatic N) is 2. The van der Waals surface area contributed by atoms with Gasteiger partial charge in [-0.05, 0) is 10.5 Å². The van der Waals surface area contributed by atoms with Gasteiger partial charge in [-0.2, -0.15) is 0 Å². The van der Waals surface area contributed by atoms with Crippen LogP contribution in [0.5, 0.6) is 0 Å². The molecule has 0 atom stereocenters. The fourth-order valence-electron chi connectivity index (χ4n) is 2.07. The molecule has 2 amide bonds. The van der Waals surface area contributed by atoms with Crippen molar-refractivity contribution in [1.82, 2.24) is 4.57 Å². The number of rotatable bonds is 5. The van der Waals surface area contributed by atoms with Crippen LogP contribution in [0.15, 0.2) is 36.5 Å². The van der Waals surface area contributed by atoms with E-state index < -0.39 is 28.1 Å². The Balaban J connectivity index is 2.60. The van der Waals surface area contributed by atoms with Crippen molar-refractivity contribution >= 4 is 17.6 Å². The molecule has 0 fully saturated rings. The number of hydrogen-bond acceptors (Lipinski definition) is 4. The molecule has 0 saturated heterocycles. The van der Waals surface area contributed by atoms with Gasteiger partial charge in [-0.1, -0.05) is 30.3 Å². The zero-order valence-corrected chi connectivity index (χ0v) is 10.9. The van der Waals surface area contributed by atoms with E-state index in [0.717, 1.165) is 5.56 Å². The van der Waals surface area contributed by atoms with E-state index in [1.54, 1.807) is 30.3 Å². The van der Waals surface area contributed by atoms with Crippen LogP contribution in [0.4, 0.5) is 5.82 Å². The molecule has 0 unspecified atom stereocenters. The number of primary amides is 2. The van der Waals surface area contributed by atoms with Gasteiger partial charge >= 0.3 is 5.82 Å². The van der Waals surface area contributed by atoms with Crippen molar-refractivity contribution in [3.63, 3.8) is 0 Å². The summed E-state index contributed by atoms with van der Waals surface area (Å²) in [6.45, 7) is 0.116. The molecule has 2 rings (SSSR count). The Kier molecular flexibility index (Phi) is 3.70. The third-order valence-corrected chi connectivity index (χ3v) is 2.93. The molecule has 0 aliphatic rings. The SMILES string of the molecule is NC(=O)c1cn(Cc2ccccc2)c([N+](=O)[O-])c1C(N)=O. The summed E-state index contributed by atoms with van der Waals surface area (Å²) in [5, 5.41) is 11.2. The Morgan fingerprint density at radius 1 is 1.14 bits per heavy atom. The zero-order chi connectivity index (χ0) is 15.6. The maximum Gasteiger partial charge on any atom is 0.337 e. The van der Waals surface area contributed by atoms with Crippen molar-refractivity contribution in [3.05, 3.63) is 63.3 Å². The van der Waals surface area contributed by atoms with Gasteiger partial charge in [0, 0.05) is 0 Å². The summed E-state index contributed by atoms with van der Waals surface area (Å²) in [7, 11) is 0. The molecule has 21 heavy (non-hydrogen) atoms. The standard InChI is InChI=1S/C13H12N4O4/c14-11(18)9-7-16(6-8-4-2-1-3-5-8)13(17(20)21)10(9)12(15)19/h1-5,7H,6H2,(H2,14,18)(H2,15,19). The summed E-state index contributed by atoms with van der Waals surface area (Å²) in [5.74, 6) is -2.55. The normalized spacial score (nSPS) is 10.3. The van der Waals surface area contributed by atoms with Crippen molar-refractivity contribution in [1.29, 1.82) is 0 Å². The molecule has 0 spiro atoms. The maximum absolute atomic E-state index is 11.4. The Labute approximate surface area is 119 Å². The van der Waals surface area contributed by atoms with Crippen molar-refractivity contribution in [2.75, 3.05) is 0 Å². The summed E-state index contributed by atoms with van der Waals surface area (Å²) in [6.07, 6.45) is 1.17. The minimum Gasteiger partial charge on any atom is -0.365 e. The Morgan fingerprint density at radius 2 is 1.76 bits per heavy atom. The highest BCUT2D eigenvalue weighted by Crippen LogP contribution is 2.25. The molecule has 8 nitrogen and oxygen atoms in total. The topological polar surface area (TPSA) is 134 Å². The quantitative estimate of drug-likeness (QED) is 0.616. The van der Waals surface area contributed by atoms with Crippen LogP contribution in [-0.4, -0.2) is 21.3 Å². The van der Waals surface area contributed by atoms with Crippen molar-refractivity contribution < 1.29 is 14.5 Å². The predicted molar refractivity (Wildman–Crippen MR) is 73.7 cm³/mol. The van der Waals surface area contributed by atoms with Crippen molar-refractivity contribution in [2.24, 2.45) is 11.5 Å². The van der Waals surface area contributed by atoms with Gasteiger partial charge in [0.1, 0.15) is 18.3 Å². The highest BCUT2D eigenvalue weighted by molar-refractivity contribution is 6.08. The number of carbonyl (C=O) groups is 2. The lowest BCUT2D eigenvalue weighted by Gasteiger charge is -2.02. The number of benzene rings is 1. The van der Waals surface area contributed by atoms with E-state index >= 15 is 0 Å². The van der Waals surface area contributed by atoms with E-state index in [-0.39, 0.29) is 12.1 Å². The summed E-state index contributed by atoms with van der Waals surface area (Å²) >= 11 is 0. The number of aromatic nitrogens is 1. The predicted octanol–water partition coefficient (Wildman–Crippen LogP) is 0.642. The molecular formula is C13H12N4O4.